The number of benzene rings is 1. The van der Waals surface area contributed by atoms with Crippen molar-refractivity contribution in [2.75, 3.05) is 7.11 Å². The Morgan fingerprint density at radius 2 is 2.14 bits per heavy atom. The van der Waals surface area contributed by atoms with E-state index in [1.165, 1.54) is 4.68 Å². The van der Waals surface area contributed by atoms with Crippen LogP contribution in [0.4, 0.5) is 0 Å². The molecule has 0 aliphatic rings. The number of aromatic nitrogens is 3. The number of aryl methyl sites for hydroxylation is 2. The molecule has 0 N–H and O–H groups in total. The zero-order valence-electron chi connectivity index (χ0n) is 12.1. The van der Waals surface area contributed by atoms with Gasteiger partial charge in [0.05, 0.1) is 24.7 Å². The summed E-state index contributed by atoms with van der Waals surface area (Å²) in [5.74, 6) is 1.36. The molecule has 3 rings (SSSR count). The van der Waals surface area contributed by atoms with Gasteiger partial charge in [-0.05, 0) is 31.5 Å². The van der Waals surface area contributed by atoms with Crippen LogP contribution >= 0.6 is 0 Å². The first-order chi connectivity index (χ1) is 10.1. The molecule has 6 heteroatoms. The molecule has 0 fully saturated rings. The van der Waals surface area contributed by atoms with Crippen molar-refractivity contribution >= 4 is 10.9 Å². The van der Waals surface area contributed by atoms with E-state index < -0.39 is 0 Å². The van der Waals surface area contributed by atoms with Crippen molar-refractivity contribution in [1.29, 1.82) is 0 Å². The summed E-state index contributed by atoms with van der Waals surface area (Å²) in [7, 11) is 1.61. The predicted octanol–water partition coefficient (Wildman–Crippen LogP) is 2.06. The summed E-state index contributed by atoms with van der Waals surface area (Å²) in [6.07, 6.45) is 0. The molecule has 2 aromatic heterocycles. The van der Waals surface area contributed by atoms with Crippen LogP contribution in [0.2, 0.25) is 0 Å². The number of hydrogen-bond donors (Lipinski definition) is 0. The van der Waals surface area contributed by atoms with Crippen molar-refractivity contribution in [3.05, 3.63) is 51.6 Å². The van der Waals surface area contributed by atoms with Crippen LogP contribution < -0.4 is 10.3 Å². The number of nitrogens with zero attached hydrogens (tertiary/aromatic N) is 3. The first-order valence-corrected chi connectivity index (χ1v) is 6.57. The van der Waals surface area contributed by atoms with Gasteiger partial charge in [-0.1, -0.05) is 17.3 Å². The second-order valence-corrected chi connectivity index (χ2v) is 4.86. The van der Waals surface area contributed by atoms with Gasteiger partial charge in [-0.15, -0.1) is 0 Å². The van der Waals surface area contributed by atoms with Gasteiger partial charge in [0, 0.05) is 0 Å². The largest absolute Gasteiger partial charge is 0.497 e. The van der Waals surface area contributed by atoms with Gasteiger partial charge in [0.1, 0.15) is 11.5 Å². The van der Waals surface area contributed by atoms with Gasteiger partial charge < -0.3 is 9.26 Å². The van der Waals surface area contributed by atoms with E-state index in [4.69, 9.17) is 9.26 Å². The molecule has 0 bridgehead atoms. The Kier molecular flexibility index (Phi) is 3.21. The van der Waals surface area contributed by atoms with Crippen molar-refractivity contribution in [2.24, 2.45) is 0 Å². The van der Waals surface area contributed by atoms with Crippen molar-refractivity contribution in [2.45, 2.75) is 20.4 Å². The zero-order valence-corrected chi connectivity index (χ0v) is 12.1. The van der Waals surface area contributed by atoms with Crippen molar-refractivity contribution in [3.63, 3.8) is 0 Å². The fraction of sp³-hybridized carbons (Fsp3) is 0.267. The molecule has 0 radical (unpaired) electrons. The molecule has 0 spiro atoms. The van der Waals surface area contributed by atoms with E-state index in [2.05, 4.69) is 10.3 Å². The third-order valence-corrected chi connectivity index (χ3v) is 3.40. The third-order valence-electron chi connectivity index (χ3n) is 3.40. The average Bonchev–Trinajstić information content (AvgIpc) is 2.87. The summed E-state index contributed by atoms with van der Waals surface area (Å²) in [4.78, 5) is 12.4. The number of hydrogen-bond acceptors (Lipinski definition) is 5. The Bertz CT molecular complexity index is 864. The lowest BCUT2D eigenvalue weighted by atomic mass is 10.2. The van der Waals surface area contributed by atoms with Crippen molar-refractivity contribution < 1.29 is 9.26 Å². The van der Waals surface area contributed by atoms with Gasteiger partial charge in [-0.25, -0.2) is 4.68 Å². The monoisotopic (exact) mass is 285 g/mol. The molecular weight excluding hydrogens is 270 g/mol. The first-order valence-electron chi connectivity index (χ1n) is 6.57. The maximum atomic E-state index is 12.4. The lowest BCUT2D eigenvalue weighted by molar-refractivity contribution is 0.405. The van der Waals surface area contributed by atoms with Crippen LogP contribution in [0.3, 0.4) is 0 Å². The van der Waals surface area contributed by atoms with Gasteiger partial charge in [-0.2, -0.15) is 5.10 Å². The van der Waals surface area contributed by atoms with E-state index in [0.29, 0.717) is 23.2 Å². The molecule has 0 aliphatic heterocycles. The standard InChI is InChI=1S/C15H15N3O3/c1-9-13-10(2)21-17-14(13)15(19)18(16-9)8-11-5-4-6-12(7-11)20-3/h4-7H,8H2,1-3H3. The minimum atomic E-state index is -0.254. The zero-order chi connectivity index (χ0) is 15.0. The number of methoxy groups -OCH3 is 1. The lowest BCUT2D eigenvalue weighted by Crippen LogP contribution is -2.24. The first kappa shape index (κ1) is 13.4. The molecule has 1 aromatic carbocycles. The maximum absolute atomic E-state index is 12.4. The molecule has 0 atom stereocenters. The Labute approximate surface area is 120 Å². The Morgan fingerprint density at radius 3 is 2.90 bits per heavy atom. The second-order valence-electron chi connectivity index (χ2n) is 4.86. The molecule has 0 saturated carbocycles. The van der Waals surface area contributed by atoms with E-state index >= 15 is 0 Å². The van der Waals surface area contributed by atoms with Crippen LogP contribution in [0, 0.1) is 13.8 Å². The Hall–Kier alpha value is -2.63. The highest BCUT2D eigenvalue weighted by atomic mass is 16.5. The molecule has 0 saturated heterocycles. The molecule has 21 heavy (non-hydrogen) atoms. The molecule has 0 amide bonds. The summed E-state index contributed by atoms with van der Waals surface area (Å²) in [5.41, 5.74) is 1.73. The average molecular weight is 285 g/mol. The second kappa shape index (κ2) is 5.05. The van der Waals surface area contributed by atoms with Crippen LogP contribution in [0.5, 0.6) is 5.75 Å². The number of ether oxygens (including phenoxy) is 1. The van der Waals surface area contributed by atoms with Gasteiger partial charge in [0.25, 0.3) is 5.56 Å². The Morgan fingerprint density at radius 1 is 1.33 bits per heavy atom. The molecule has 6 nitrogen and oxygen atoms in total. The van der Waals surface area contributed by atoms with E-state index in [1.807, 2.05) is 31.2 Å². The van der Waals surface area contributed by atoms with Crippen LogP contribution in [0.25, 0.3) is 10.9 Å². The highest BCUT2D eigenvalue weighted by Gasteiger charge is 2.15. The lowest BCUT2D eigenvalue weighted by Gasteiger charge is -2.07. The fourth-order valence-corrected chi connectivity index (χ4v) is 2.39. The fourth-order valence-electron chi connectivity index (χ4n) is 2.39. The third kappa shape index (κ3) is 2.29. The summed E-state index contributed by atoms with van der Waals surface area (Å²) in [6, 6.07) is 7.53. The quantitative estimate of drug-likeness (QED) is 0.736. The molecule has 2 heterocycles. The SMILES string of the molecule is COc1cccc(Cn2nc(C)c3c(C)onc3c2=O)c1. The molecule has 108 valence electrons. The predicted molar refractivity (Wildman–Crippen MR) is 77.6 cm³/mol. The van der Waals surface area contributed by atoms with Gasteiger partial charge in [0.2, 0.25) is 0 Å². The van der Waals surface area contributed by atoms with Crippen molar-refractivity contribution in [3.8, 4) is 5.75 Å². The maximum Gasteiger partial charge on any atom is 0.297 e. The number of fused-ring (bicyclic) bond motifs is 1. The van der Waals surface area contributed by atoms with Gasteiger partial charge in [-0.3, -0.25) is 4.79 Å². The van der Waals surface area contributed by atoms with Crippen LogP contribution in [0.15, 0.2) is 33.6 Å². The summed E-state index contributed by atoms with van der Waals surface area (Å²) >= 11 is 0. The van der Waals surface area contributed by atoms with E-state index in [1.54, 1.807) is 14.0 Å². The van der Waals surface area contributed by atoms with Gasteiger partial charge in [0.15, 0.2) is 5.52 Å². The minimum absolute atomic E-state index is 0.254. The topological polar surface area (TPSA) is 70.2 Å². The summed E-state index contributed by atoms with van der Waals surface area (Å²) < 4.78 is 11.7. The normalized spacial score (nSPS) is 11.0. The summed E-state index contributed by atoms with van der Waals surface area (Å²) in [6.45, 7) is 3.97. The van der Waals surface area contributed by atoms with Crippen LogP contribution in [-0.4, -0.2) is 22.0 Å². The van der Waals surface area contributed by atoms with Crippen molar-refractivity contribution in [1.82, 2.24) is 14.9 Å². The van der Waals surface area contributed by atoms with E-state index in [9.17, 15) is 4.79 Å². The van der Waals surface area contributed by atoms with Crippen LogP contribution in [0.1, 0.15) is 17.0 Å². The van der Waals surface area contributed by atoms with Gasteiger partial charge >= 0.3 is 0 Å². The molecular formula is C15H15N3O3. The molecule has 0 aliphatic carbocycles. The molecule has 3 aromatic rings. The van der Waals surface area contributed by atoms with E-state index in [-0.39, 0.29) is 5.56 Å². The van der Waals surface area contributed by atoms with Crippen LogP contribution in [-0.2, 0) is 6.54 Å². The summed E-state index contributed by atoms with van der Waals surface area (Å²) in [5, 5.41) is 8.89. The number of rotatable bonds is 3. The Balaban J connectivity index is 2.08. The molecule has 0 unspecified atom stereocenters. The highest BCUT2D eigenvalue weighted by Crippen LogP contribution is 2.17. The minimum Gasteiger partial charge on any atom is -0.497 e. The highest BCUT2D eigenvalue weighted by molar-refractivity contribution is 5.81. The van der Waals surface area contributed by atoms with E-state index in [0.717, 1.165) is 17.0 Å². The smallest absolute Gasteiger partial charge is 0.297 e.